The Kier molecular flexibility index (Phi) is 5.37. The van der Waals surface area contributed by atoms with Crippen molar-refractivity contribution >= 4 is 5.82 Å². The molecule has 9 heteroatoms. The SMILES string of the molecule is CCOc1ccc([C@@H]2C(C#N)=C(N)Nc3c2c(=O)n(C)c(=O)n3C)cc1OCC. The van der Waals surface area contributed by atoms with E-state index in [0.717, 1.165) is 4.57 Å². The van der Waals surface area contributed by atoms with E-state index in [9.17, 15) is 14.9 Å². The molecule has 2 heterocycles. The van der Waals surface area contributed by atoms with E-state index in [4.69, 9.17) is 15.2 Å². The van der Waals surface area contributed by atoms with Crippen molar-refractivity contribution in [1.29, 1.82) is 5.26 Å². The van der Waals surface area contributed by atoms with Crippen molar-refractivity contribution in [3.8, 4) is 17.6 Å². The van der Waals surface area contributed by atoms with Crippen molar-refractivity contribution in [2.75, 3.05) is 18.5 Å². The van der Waals surface area contributed by atoms with E-state index in [1.165, 1.54) is 11.6 Å². The third kappa shape index (κ3) is 3.23. The first-order chi connectivity index (χ1) is 13.8. The van der Waals surface area contributed by atoms with Gasteiger partial charge in [-0.05, 0) is 31.5 Å². The number of nitriles is 1. The van der Waals surface area contributed by atoms with Gasteiger partial charge in [-0.2, -0.15) is 5.26 Å². The summed E-state index contributed by atoms with van der Waals surface area (Å²) >= 11 is 0. The number of allylic oxidation sites excluding steroid dienone is 1. The zero-order valence-electron chi connectivity index (χ0n) is 16.8. The van der Waals surface area contributed by atoms with Gasteiger partial charge in [0.25, 0.3) is 5.56 Å². The van der Waals surface area contributed by atoms with E-state index in [-0.39, 0.29) is 22.8 Å². The molecule has 9 nitrogen and oxygen atoms in total. The van der Waals surface area contributed by atoms with Crippen LogP contribution in [-0.4, -0.2) is 22.3 Å². The second kappa shape index (κ2) is 7.75. The number of nitrogens with two attached hydrogens (primary N) is 1. The molecular weight excluding hydrogens is 374 g/mol. The molecule has 1 aromatic carbocycles. The molecule has 0 amide bonds. The van der Waals surface area contributed by atoms with Crippen LogP contribution in [0.15, 0.2) is 39.2 Å². The lowest BCUT2D eigenvalue weighted by molar-refractivity contribution is 0.287. The normalized spacial score (nSPS) is 15.3. The zero-order valence-corrected chi connectivity index (χ0v) is 16.8. The largest absolute Gasteiger partial charge is 0.490 e. The highest BCUT2D eigenvalue weighted by molar-refractivity contribution is 5.65. The number of hydrogen-bond acceptors (Lipinski definition) is 7. The number of nitrogens with zero attached hydrogens (tertiary/aromatic N) is 3. The van der Waals surface area contributed by atoms with Gasteiger partial charge in [0.05, 0.1) is 36.3 Å². The number of fused-ring (bicyclic) bond motifs is 1. The van der Waals surface area contributed by atoms with Crippen LogP contribution in [0.25, 0.3) is 0 Å². The van der Waals surface area contributed by atoms with E-state index in [1.807, 2.05) is 13.8 Å². The third-order valence-corrected chi connectivity index (χ3v) is 4.84. The number of nitrogens with one attached hydrogen (secondary N) is 1. The Hall–Kier alpha value is -3.67. The zero-order chi connectivity index (χ0) is 21.3. The summed E-state index contributed by atoms with van der Waals surface area (Å²) in [6.07, 6.45) is 0. The van der Waals surface area contributed by atoms with Crippen molar-refractivity contribution in [2.24, 2.45) is 19.8 Å². The summed E-state index contributed by atoms with van der Waals surface area (Å²) in [5.41, 5.74) is 6.19. The van der Waals surface area contributed by atoms with Gasteiger partial charge >= 0.3 is 5.69 Å². The predicted octanol–water partition coefficient (Wildman–Crippen LogP) is 1.13. The van der Waals surface area contributed by atoms with E-state index in [1.54, 1.807) is 25.2 Å². The van der Waals surface area contributed by atoms with E-state index in [2.05, 4.69) is 11.4 Å². The Morgan fingerprint density at radius 1 is 1.14 bits per heavy atom. The number of ether oxygens (including phenoxy) is 2. The Morgan fingerprint density at radius 3 is 2.41 bits per heavy atom. The number of rotatable bonds is 5. The molecular formula is C20H23N5O4. The molecule has 152 valence electrons. The molecule has 0 fully saturated rings. The standard InChI is InChI=1S/C20H23N5O4/c1-5-28-13-8-7-11(9-14(13)29-6-2)15-12(10-21)17(22)23-18-16(15)19(26)25(4)20(27)24(18)3/h7-9,15,23H,5-6,22H2,1-4H3/t15-/m1/s1. The third-order valence-electron chi connectivity index (χ3n) is 4.84. The number of benzene rings is 1. The predicted molar refractivity (Wildman–Crippen MR) is 108 cm³/mol. The van der Waals surface area contributed by atoms with Gasteiger partial charge in [0.15, 0.2) is 11.5 Å². The van der Waals surface area contributed by atoms with Crippen molar-refractivity contribution in [2.45, 2.75) is 19.8 Å². The molecule has 29 heavy (non-hydrogen) atoms. The van der Waals surface area contributed by atoms with Crippen LogP contribution in [0.5, 0.6) is 11.5 Å². The topological polar surface area (TPSA) is 124 Å². The number of hydrogen-bond donors (Lipinski definition) is 2. The minimum Gasteiger partial charge on any atom is -0.490 e. The fraction of sp³-hybridized carbons (Fsp3) is 0.350. The minimum atomic E-state index is -0.753. The highest BCUT2D eigenvalue weighted by Crippen LogP contribution is 2.41. The van der Waals surface area contributed by atoms with Crippen molar-refractivity contribution in [3.05, 3.63) is 61.6 Å². The minimum absolute atomic E-state index is 0.0973. The van der Waals surface area contributed by atoms with Gasteiger partial charge in [-0.15, -0.1) is 0 Å². The van der Waals surface area contributed by atoms with Crippen LogP contribution in [0.3, 0.4) is 0 Å². The van der Waals surface area contributed by atoms with Gasteiger partial charge in [0.2, 0.25) is 0 Å². The van der Waals surface area contributed by atoms with E-state index in [0.29, 0.717) is 30.3 Å². The summed E-state index contributed by atoms with van der Waals surface area (Å²) in [7, 11) is 2.94. The van der Waals surface area contributed by atoms with Gasteiger partial charge < -0.3 is 20.5 Å². The van der Waals surface area contributed by atoms with Crippen molar-refractivity contribution in [3.63, 3.8) is 0 Å². The smallest absolute Gasteiger partial charge is 0.332 e. The van der Waals surface area contributed by atoms with Crippen molar-refractivity contribution in [1.82, 2.24) is 9.13 Å². The van der Waals surface area contributed by atoms with Crippen LogP contribution in [0.4, 0.5) is 5.82 Å². The lowest BCUT2D eigenvalue weighted by Crippen LogP contribution is -2.43. The van der Waals surface area contributed by atoms with Crippen LogP contribution < -0.4 is 31.8 Å². The molecule has 1 aliphatic rings. The van der Waals surface area contributed by atoms with Crippen molar-refractivity contribution < 1.29 is 9.47 Å². The molecule has 1 aliphatic heterocycles. The summed E-state index contributed by atoms with van der Waals surface area (Å²) in [6.45, 7) is 4.61. The van der Waals surface area contributed by atoms with E-state index < -0.39 is 17.2 Å². The molecule has 0 saturated carbocycles. The Morgan fingerprint density at radius 2 is 1.79 bits per heavy atom. The molecule has 3 N–H and O–H groups in total. The molecule has 1 aromatic heterocycles. The molecule has 2 aromatic rings. The van der Waals surface area contributed by atoms with E-state index >= 15 is 0 Å². The Balaban J connectivity index is 2.32. The Bertz CT molecular complexity index is 1150. The van der Waals surface area contributed by atoms with Gasteiger partial charge in [-0.3, -0.25) is 13.9 Å². The number of aromatic nitrogens is 2. The van der Waals surface area contributed by atoms with Gasteiger partial charge in [0.1, 0.15) is 11.6 Å². The lowest BCUT2D eigenvalue weighted by Gasteiger charge is -2.29. The molecule has 1 atom stereocenters. The summed E-state index contributed by atoms with van der Waals surface area (Å²) in [6, 6.07) is 7.34. The molecule has 0 spiro atoms. The molecule has 0 unspecified atom stereocenters. The second-order valence-corrected chi connectivity index (χ2v) is 6.54. The first-order valence-electron chi connectivity index (χ1n) is 9.21. The average Bonchev–Trinajstić information content (AvgIpc) is 2.71. The second-order valence-electron chi connectivity index (χ2n) is 6.54. The number of anilines is 1. The maximum Gasteiger partial charge on any atom is 0.332 e. The lowest BCUT2D eigenvalue weighted by atomic mass is 9.83. The highest BCUT2D eigenvalue weighted by atomic mass is 16.5. The van der Waals surface area contributed by atoms with Crippen LogP contribution in [0.1, 0.15) is 30.9 Å². The maximum absolute atomic E-state index is 13.0. The quantitative estimate of drug-likeness (QED) is 0.775. The monoisotopic (exact) mass is 397 g/mol. The highest BCUT2D eigenvalue weighted by Gasteiger charge is 2.34. The maximum atomic E-state index is 13.0. The Labute approximate surface area is 167 Å². The molecule has 0 saturated heterocycles. The summed E-state index contributed by atoms with van der Waals surface area (Å²) < 4.78 is 13.6. The summed E-state index contributed by atoms with van der Waals surface area (Å²) in [4.78, 5) is 25.3. The molecule has 0 radical (unpaired) electrons. The summed E-state index contributed by atoms with van der Waals surface area (Å²) in [5, 5.41) is 12.6. The summed E-state index contributed by atoms with van der Waals surface area (Å²) in [5.74, 6) is 0.684. The molecule has 0 bridgehead atoms. The van der Waals surface area contributed by atoms with Gasteiger partial charge in [0, 0.05) is 14.1 Å². The van der Waals surface area contributed by atoms with Crippen LogP contribution in [0.2, 0.25) is 0 Å². The van der Waals surface area contributed by atoms with Crippen LogP contribution in [-0.2, 0) is 14.1 Å². The molecule has 3 rings (SSSR count). The fourth-order valence-corrected chi connectivity index (χ4v) is 3.48. The first-order valence-corrected chi connectivity index (χ1v) is 9.21. The average molecular weight is 397 g/mol. The first kappa shape index (κ1) is 20.1. The fourth-order valence-electron chi connectivity index (χ4n) is 3.48. The van der Waals surface area contributed by atoms with Crippen LogP contribution >= 0.6 is 0 Å². The molecule has 0 aliphatic carbocycles. The van der Waals surface area contributed by atoms with Crippen LogP contribution in [0, 0.1) is 11.3 Å². The van der Waals surface area contributed by atoms with Gasteiger partial charge in [-0.1, -0.05) is 6.07 Å². The van der Waals surface area contributed by atoms with Gasteiger partial charge in [-0.25, -0.2) is 4.79 Å².